The van der Waals surface area contributed by atoms with Crippen molar-refractivity contribution in [1.29, 1.82) is 0 Å². The van der Waals surface area contributed by atoms with E-state index in [9.17, 15) is 0 Å². The Bertz CT molecular complexity index is 417. The topological polar surface area (TPSA) is 62.5 Å². The molecule has 1 atom stereocenters. The molecule has 21 heavy (non-hydrogen) atoms. The van der Waals surface area contributed by atoms with Gasteiger partial charge in [0.2, 0.25) is 0 Å². The Hall–Kier alpha value is -0.440. The molecular formula is C14H27IN4OS. The van der Waals surface area contributed by atoms with Gasteiger partial charge in [0.1, 0.15) is 5.76 Å². The highest BCUT2D eigenvalue weighted by molar-refractivity contribution is 14.0. The lowest BCUT2D eigenvalue weighted by molar-refractivity contribution is 0.391. The van der Waals surface area contributed by atoms with Gasteiger partial charge in [-0.1, -0.05) is 12.1 Å². The van der Waals surface area contributed by atoms with E-state index in [1.807, 2.05) is 25.6 Å². The standard InChI is InChI=1S/C14H26N4OS.HI/c1-6-15-14(16-7-8-20-5)17-9-10(2)13-11(3)18-19-12(13)4;/h10H,6-9H2,1-5H3,(H2,15,16,17);1H. The molecule has 1 aromatic rings. The van der Waals surface area contributed by atoms with Gasteiger partial charge in [-0.05, 0) is 27.0 Å². The molecule has 0 aliphatic heterocycles. The van der Waals surface area contributed by atoms with Gasteiger partial charge in [-0.3, -0.25) is 4.99 Å². The van der Waals surface area contributed by atoms with Crippen molar-refractivity contribution in [2.75, 3.05) is 31.6 Å². The number of halogens is 1. The molecular weight excluding hydrogens is 399 g/mol. The van der Waals surface area contributed by atoms with Crippen LogP contribution in [0.3, 0.4) is 0 Å². The quantitative estimate of drug-likeness (QED) is 0.304. The summed E-state index contributed by atoms with van der Waals surface area (Å²) in [6.45, 7) is 10.7. The lowest BCUT2D eigenvalue weighted by atomic mass is 10.00. The molecule has 0 saturated carbocycles. The molecule has 0 aliphatic rings. The first-order chi connectivity index (χ1) is 9.60. The number of thioether (sulfide) groups is 1. The zero-order valence-electron chi connectivity index (χ0n) is 13.5. The van der Waals surface area contributed by atoms with Crippen LogP contribution in [-0.4, -0.2) is 42.8 Å². The van der Waals surface area contributed by atoms with Gasteiger partial charge < -0.3 is 15.2 Å². The highest BCUT2D eigenvalue weighted by Crippen LogP contribution is 2.23. The number of hydrogen-bond donors (Lipinski definition) is 2. The fraction of sp³-hybridized carbons (Fsp3) is 0.714. The van der Waals surface area contributed by atoms with E-state index in [2.05, 4.69) is 40.9 Å². The Morgan fingerprint density at radius 3 is 2.62 bits per heavy atom. The van der Waals surface area contributed by atoms with E-state index < -0.39 is 0 Å². The summed E-state index contributed by atoms with van der Waals surface area (Å²) in [5.74, 6) is 3.15. The van der Waals surface area contributed by atoms with Crippen LogP contribution in [-0.2, 0) is 0 Å². The van der Waals surface area contributed by atoms with E-state index in [1.165, 1.54) is 5.56 Å². The molecule has 5 nitrogen and oxygen atoms in total. The average Bonchev–Trinajstić information content (AvgIpc) is 2.75. The number of hydrogen-bond acceptors (Lipinski definition) is 4. The average molecular weight is 426 g/mol. The summed E-state index contributed by atoms with van der Waals surface area (Å²) in [6.07, 6.45) is 2.10. The Labute approximate surface area is 149 Å². The highest BCUT2D eigenvalue weighted by atomic mass is 127. The maximum Gasteiger partial charge on any atom is 0.191 e. The van der Waals surface area contributed by atoms with Crippen molar-refractivity contribution in [2.45, 2.75) is 33.6 Å². The van der Waals surface area contributed by atoms with Gasteiger partial charge in [0, 0.05) is 36.9 Å². The number of rotatable bonds is 7. The summed E-state index contributed by atoms with van der Waals surface area (Å²) >= 11 is 1.82. The van der Waals surface area contributed by atoms with E-state index in [4.69, 9.17) is 4.52 Å². The smallest absolute Gasteiger partial charge is 0.191 e. The molecule has 0 bridgehead atoms. The van der Waals surface area contributed by atoms with Gasteiger partial charge in [-0.25, -0.2) is 0 Å². The van der Waals surface area contributed by atoms with E-state index in [1.54, 1.807) is 0 Å². The van der Waals surface area contributed by atoms with Crippen molar-refractivity contribution in [1.82, 2.24) is 15.8 Å². The lowest BCUT2D eigenvalue weighted by Crippen LogP contribution is -2.38. The SMILES string of the molecule is CCNC(=NCC(C)c1c(C)noc1C)NCCSC.I. The Morgan fingerprint density at radius 1 is 1.38 bits per heavy atom. The molecule has 0 fully saturated rings. The Kier molecular flexibility index (Phi) is 10.9. The summed E-state index contributed by atoms with van der Waals surface area (Å²) in [7, 11) is 0. The predicted molar refractivity (Wildman–Crippen MR) is 102 cm³/mol. The van der Waals surface area contributed by atoms with Crippen LogP contribution in [0.25, 0.3) is 0 Å². The molecule has 1 rings (SSSR count). The fourth-order valence-electron chi connectivity index (χ4n) is 2.13. The zero-order chi connectivity index (χ0) is 15.0. The predicted octanol–water partition coefficient (Wildman–Crippen LogP) is 2.93. The van der Waals surface area contributed by atoms with Crippen LogP contribution in [0.5, 0.6) is 0 Å². The molecule has 0 aromatic carbocycles. The minimum absolute atomic E-state index is 0. The Morgan fingerprint density at radius 2 is 2.10 bits per heavy atom. The second kappa shape index (κ2) is 11.2. The van der Waals surface area contributed by atoms with E-state index >= 15 is 0 Å². The molecule has 0 radical (unpaired) electrons. The molecule has 0 spiro atoms. The third kappa shape index (κ3) is 6.90. The van der Waals surface area contributed by atoms with Crippen LogP contribution in [0.2, 0.25) is 0 Å². The number of nitrogens with zero attached hydrogens (tertiary/aromatic N) is 2. The van der Waals surface area contributed by atoms with Crippen LogP contribution in [0.4, 0.5) is 0 Å². The number of nitrogens with one attached hydrogen (secondary N) is 2. The van der Waals surface area contributed by atoms with E-state index in [-0.39, 0.29) is 24.0 Å². The molecule has 1 aromatic heterocycles. The first-order valence-electron chi connectivity index (χ1n) is 7.04. The van der Waals surface area contributed by atoms with Crippen LogP contribution < -0.4 is 10.6 Å². The molecule has 1 heterocycles. The summed E-state index contributed by atoms with van der Waals surface area (Å²) in [5, 5.41) is 10.6. The van der Waals surface area contributed by atoms with E-state index in [0.29, 0.717) is 5.92 Å². The summed E-state index contributed by atoms with van der Waals surface area (Å²) in [6, 6.07) is 0. The zero-order valence-corrected chi connectivity index (χ0v) is 16.7. The molecule has 0 saturated heterocycles. The number of aryl methyl sites for hydroxylation is 2. The van der Waals surface area contributed by atoms with Gasteiger partial charge in [0.05, 0.1) is 5.69 Å². The van der Waals surface area contributed by atoms with Crippen LogP contribution >= 0.6 is 35.7 Å². The number of aliphatic imine (C=N–C) groups is 1. The number of aromatic nitrogens is 1. The fourth-order valence-corrected chi connectivity index (χ4v) is 2.43. The van der Waals surface area contributed by atoms with Crippen molar-refractivity contribution in [3.63, 3.8) is 0 Å². The van der Waals surface area contributed by atoms with Crippen molar-refractivity contribution in [2.24, 2.45) is 4.99 Å². The van der Waals surface area contributed by atoms with Gasteiger partial charge in [-0.2, -0.15) is 11.8 Å². The molecule has 0 amide bonds. The second-order valence-corrected chi connectivity index (χ2v) is 5.76. The van der Waals surface area contributed by atoms with Crippen LogP contribution in [0.15, 0.2) is 9.52 Å². The third-order valence-electron chi connectivity index (χ3n) is 3.05. The maximum absolute atomic E-state index is 5.22. The first-order valence-corrected chi connectivity index (χ1v) is 8.43. The molecule has 1 unspecified atom stereocenters. The summed E-state index contributed by atoms with van der Waals surface area (Å²) < 4.78 is 5.22. The van der Waals surface area contributed by atoms with Crippen molar-refractivity contribution < 1.29 is 4.52 Å². The number of guanidine groups is 1. The summed E-state index contributed by atoms with van der Waals surface area (Å²) in [5.41, 5.74) is 2.14. The second-order valence-electron chi connectivity index (χ2n) is 4.78. The van der Waals surface area contributed by atoms with Gasteiger partial charge in [-0.15, -0.1) is 24.0 Å². The van der Waals surface area contributed by atoms with Crippen LogP contribution in [0, 0.1) is 13.8 Å². The van der Waals surface area contributed by atoms with Gasteiger partial charge in [0.15, 0.2) is 5.96 Å². The highest BCUT2D eigenvalue weighted by Gasteiger charge is 2.16. The monoisotopic (exact) mass is 426 g/mol. The van der Waals surface area contributed by atoms with Gasteiger partial charge in [0.25, 0.3) is 0 Å². The summed E-state index contributed by atoms with van der Waals surface area (Å²) in [4.78, 5) is 4.64. The molecule has 2 N–H and O–H groups in total. The molecule has 0 aliphatic carbocycles. The Balaban J connectivity index is 0.00000400. The maximum atomic E-state index is 5.22. The molecule has 7 heteroatoms. The first kappa shape index (κ1) is 20.6. The third-order valence-corrected chi connectivity index (χ3v) is 3.66. The van der Waals surface area contributed by atoms with Crippen molar-refractivity contribution in [3.8, 4) is 0 Å². The van der Waals surface area contributed by atoms with Crippen LogP contribution in [0.1, 0.15) is 36.8 Å². The minimum Gasteiger partial charge on any atom is -0.361 e. The molecule has 122 valence electrons. The van der Waals surface area contributed by atoms with E-state index in [0.717, 1.165) is 42.8 Å². The lowest BCUT2D eigenvalue weighted by Gasteiger charge is -2.13. The largest absolute Gasteiger partial charge is 0.361 e. The van der Waals surface area contributed by atoms with Crippen molar-refractivity contribution in [3.05, 3.63) is 17.0 Å². The van der Waals surface area contributed by atoms with Gasteiger partial charge >= 0.3 is 0 Å². The minimum atomic E-state index is 0. The normalized spacial score (nSPS) is 12.7. The van der Waals surface area contributed by atoms with Crippen molar-refractivity contribution >= 4 is 41.7 Å².